The molecule has 0 spiro atoms. The van der Waals surface area contributed by atoms with Gasteiger partial charge in [-0.05, 0) is 34.9 Å². The summed E-state index contributed by atoms with van der Waals surface area (Å²) in [6.45, 7) is 0. The van der Waals surface area contributed by atoms with Gasteiger partial charge in [0.25, 0.3) is 0 Å². The Balaban J connectivity index is 1.70. The Bertz CT molecular complexity index is 1010. The minimum Gasteiger partial charge on any atom is -0.320 e. The zero-order chi connectivity index (χ0) is 20.4. The highest BCUT2D eigenvalue weighted by molar-refractivity contribution is 9.10. The molecule has 0 aliphatic rings. The number of hydrogen-bond donors (Lipinski definition) is 2. The molecule has 0 amide bonds. The molecule has 0 aliphatic carbocycles. The Morgan fingerprint density at radius 3 is 2.11 bits per heavy atom. The van der Waals surface area contributed by atoms with Crippen molar-refractivity contribution < 1.29 is 23.1 Å². The number of halogens is 3. The molecule has 3 aromatic carbocycles. The average Bonchev–Trinajstić information content (AvgIpc) is 2.66. The number of benzene rings is 3. The van der Waals surface area contributed by atoms with Crippen molar-refractivity contribution in [3.8, 4) is 11.1 Å². The first-order valence-corrected chi connectivity index (χ1v) is 11.6. The fourth-order valence-electron chi connectivity index (χ4n) is 2.59. The van der Waals surface area contributed by atoms with Crippen LogP contribution in [0.3, 0.4) is 0 Å². The predicted molar refractivity (Wildman–Crippen MR) is 112 cm³/mol. The zero-order valence-corrected chi connectivity index (χ0v) is 17.7. The van der Waals surface area contributed by atoms with Gasteiger partial charge in [-0.3, -0.25) is 4.57 Å². The van der Waals surface area contributed by atoms with Gasteiger partial charge in [0.15, 0.2) is 0 Å². The second-order valence-electron chi connectivity index (χ2n) is 6.08. The van der Waals surface area contributed by atoms with Crippen LogP contribution in [-0.4, -0.2) is 9.79 Å². The molecule has 0 unspecified atom stereocenters. The molecule has 2 N–H and O–H groups in total. The Morgan fingerprint density at radius 1 is 0.929 bits per heavy atom. The molecule has 3 rings (SSSR count). The lowest BCUT2D eigenvalue weighted by Gasteiger charge is -2.19. The summed E-state index contributed by atoms with van der Waals surface area (Å²) in [6, 6.07) is 22.0. The Hall–Kier alpha value is -1.50. The SMILES string of the molecule is O=P(O)(O)C(F)(F)c1ccc(CSc2ccc(-c3ccccc3)cc2)cc1Br. The number of rotatable bonds is 6. The van der Waals surface area contributed by atoms with Crippen molar-refractivity contribution in [2.45, 2.75) is 16.3 Å². The van der Waals surface area contributed by atoms with Gasteiger partial charge in [0.05, 0.1) is 0 Å². The van der Waals surface area contributed by atoms with E-state index in [0.29, 0.717) is 5.75 Å². The summed E-state index contributed by atoms with van der Waals surface area (Å²) in [5.74, 6) is 0.533. The third-order valence-electron chi connectivity index (χ3n) is 4.09. The van der Waals surface area contributed by atoms with Gasteiger partial charge in [-0.15, -0.1) is 11.8 Å². The maximum Gasteiger partial charge on any atom is 0.399 e. The molecule has 0 saturated carbocycles. The van der Waals surface area contributed by atoms with E-state index in [-0.39, 0.29) is 4.47 Å². The lowest BCUT2D eigenvalue weighted by atomic mass is 10.1. The van der Waals surface area contributed by atoms with Crippen molar-refractivity contribution >= 4 is 35.3 Å². The summed E-state index contributed by atoms with van der Waals surface area (Å²) >= 11 is 4.55. The van der Waals surface area contributed by atoms with Crippen molar-refractivity contribution in [1.82, 2.24) is 0 Å². The summed E-state index contributed by atoms with van der Waals surface area (Å²) in [4.78, 5) is 18.8. The molecule has 0 atom stereocenters. The van der Waals surface area contributed by atoms with Gasteiger partial charge in [0.1, 0.15) is 0 Å². The Kier molecular flexibility index (Phi) is 6.42. The van der Waals surface area contributed by atoms with Gasteiger partial charge in [-0.25, -0.2) is 0 Å². The van der Waals surface area contributed by atoms with Crippen molar-refractivity contribution in [1.29, 1.82) is 0 Å². The van der Waals surface area contributed by atoms with E-state index in [1.807, 2.05) is 54.6 Å². The van der Waals surface area contributed by atoms with Gasteiger partial charge in [-0.2, -0.15) is 8.78 Å². The summed E-state index contributed by atoms with van der Waals surface area (Å²) in [5.41, 5.74) is -1.96. The molecule has 0 fully saturated rings. The van der Waals surface area contributed by atoms with Crippen molar-refractivity contribution in [2.75, 3.05) is 0 Å². The van der Waals surface area contributed by atoms with Crippen molar-refractivity contribution in [2.24, 2.45) is 0 Å². The Morgan fingerprint density at radius 2 is 1.54 bits per heavy atom. The Labute approximate surface area is 174 Å². The standard InChI is InChI=1S/C20H16BrF2O3PS/c21-19-12-14(6-11-18(19)20(22,23)27(24,25)26)13-28-17-9-7-16(8-10-17)15-4-2-1-3-5-15/h1-12H,13H2,(H2,24,25,26). The molecule has 3 nitrogen and oxygen atoms in total. The van der Waals surface area contributed by atoms with E-state index in [2.05, 4.69) is 15.9 Å². The van der Waals surface area contributed by atoms with Crippen LogP contribution in [0.4, 0.5) is 8.78 Å². The fourth-order valence-corrected chi connectivity index (χ4v) is 4.77. The fraction of sp³-hybridized carbons (Fsp3) is 0.100. The lowest BCUT2D eigenvalue weighted by molar-refractivity contribution is 0.0557. The quantitative estimate of drug-likeness (QED) is 0.304. The summed E-state index contributed by atoms with van der Waals surface area (Å²) in [7, 11) is -5.59. The molecular weight excluding hydrogens is 469 g/mol. The highest BCUT2D eigenvalue weighted by Gasteiger charge is 2.51. The van der Waals surface area contributed by atoms with E-state index in [9.17, 15) is 13.3 Å². The minimum absolute atomic E-state index is 0.0293. The van der Waals surface area contributed by atoms with Crippen LogP contribution < -0.4 is 0 Å². The molecule has 8 heteroatoms. The van der Waals surface area contributed by atoms with E-state index in [1.165, 1.54) is 12.1 Å². The maximum absolute atomic E-state index is 13.9. The van der Waals surface area contributed by atoms with E-state index < -0.39 is 18.8 Å². The van der Waals surface area contributed by atoms with Gasteiger partial charge < -0.3 is 9.79 Å². The largest absolute Gasteiger partial charge is 0.399 e. The van der Waals surface area contributed by atoms with Crippen LogP contribution in [0.25, 0.3) is 11.1 Å². The first kappa shape index (κ1) is 21.2. The highest BCUT2D eigenvalue weighted by atomic mass is 79.9. The molecule has 3 aromatic rings. The second-order valence-corrected chi connectivity index (χ2v) is 9.63. The van der Waals surface area contributed by atoms with Gasteiger partial charge >= 0.3 is 13.3 Å². The van der Waals surface area contributed by atoms with Crippen LogP contribution in [0.5, 0.6) is 0 Å². The van der Waals surface area contributed by atoms with E-state index in [1.54, 1.807) is 11.8 Å². The summed E-state index contributed by atoms with van der Waals surface area (Å²) < 4.78 is 38.8. The summed E-state index contributed by atoms with van der Waals surface area (Å²) in [5, 5.41) is 0. The predicted octanol–water partition coefficient (Wildman–Crippen LogP) is 6.64. The molecule has 0 aromatic heterocycles. The third kappa shape index (κ3) is 4.73. The van der Waals surface area contributed by atoms with E-state index >= 15 is 0 Å². The monoisotopic (exact) mass is 484 g/mol. The molecule has 0 aliphatic heterocycles. The third-order valence-corrected chi connectivity index (χ3v) is 6.80. The first-order chi connectivity index (χ1) is 13.2. The second kappa shape index (κ2) is 8.47. The average molecular weight is 485 g/mol. The van der Waals surface area contributed by atoms with Crippen LogP contribution in [0, 0.1) is 0 Å². The topological polar surface area (TPSA) is 57.5 Å². The number of thioether (sulfide) groups is 1. The molecule has 146 valence electrons. The van der Waals surface area contributed by atoms with Crippen molar-refractivity contribution in [3.05, 3.63) is 88.4 Å². The van der Waals surface area contributed by atoms with Crippen LogP contribution in [0.1, 0.15) is 11.1 Å². The van der Waals surface area contributed by atoms with Crippen LogP contribution in [0.15, 0.2) is 82.2 Å². The normalized spacial score (nSPS) is 12.2. The number of hydrogen-bond acceptors (Lipinski definition) is 2. The highest BCUT2D eigenvalue weighted by Crippen LogP contribution is 2.60. The van der Waals surface area contributed by atoms with Crippen molar-refractivity contribution in [3.63, 3.8) is 0 Å². The van der Waals surface area contributed by atoms with Crippen LogP contribution >= 0.6 is 35.3 Å². The molecule has 0 saturated heterocycles. The van der Waals surface area contributed by atoms with Crippen LogP contribution in [-0.2, 0) is 16.0 Å². The van der Waals surface area contributed by atoms with E-state index in [0.717, 1.165) is 27.7 Å². The lowest BCUT2D eigenvalue weighted by Crippen LogP contribution is -2.14. The molecule has 0 bridgehead atoms. The molecule has 0 radical (unpaired) electrons. The van der Waals surface area contributed by atoms with Crippen LogP contribution in [0.2, 0.25) is 0 Å². The first-order valence-electron chi connectivity index (χ1n) is 8.19. The smallest absolute Gasteiger partial charge is 0.320 e. The number of alkyl halides is 2. The van der Waals surface area contributed by atoms with E-state index in [4.69, 9.17) is 9.79 Å². The minimum atomic E-state index is -5.59. The molecular formula is C20H16BrF2O3PS. The maximum atomic E-state index is 13.9. The molecule has 28 heavy (non-hydrogen) atoms. The summed E-state index contributed by atoms with van der Waals surface area (Å²) in [6.07, 6.45) is 0. The van der Waals surface area contributed by atoms with Gasteiger partial charge in [-0.1, -0.05) is 70.5 Å². The zero-order valence-electron chi connectivity index (χ0n) is 14.4. The van der Waals surface area contributed by atoms with Gasteiger partial charge in [0.2, 0.25) is 0 Å². The van der Waals surface area contributed by atoms with Gasteiger partial charge in [0, 0.05) is 20.7 Å². The molecule has 0 heterocycles.